The zero-order valence-corrected chi connectivity index (χ0v) is 14.9. The van der Waals surface area contributed by atoms with Gasteiger partial charge >= 0.3 is 6.09 Å². The van der Waals surface area contributed by atoms with Gasteiger partial charge < -0.3 is 9.67 Å². The smallest absolute Gasteiger partial charge is 0.418 e. The third kappa shape index (κ3) is 3.40. The van der Waals surface area contributed by atoms with Gasteiger partial charge in [-0.3, -0.25) is 4.68 Å². The van der Waals surface area contributed by atoms with Gasteiger partial charge in [0.1, 0.15) is 11.6 Å². The van der Waals surface area contributed by atoms with Crippen molar-refractivity contribution in [1.82, 2.24) is 19.1 Å². The van der Waals surface area contributed by atoms with Crippen LogP contribution < -0.4 is 4.72 Å². The SMILES string of the molecule is Cc1nn(C)c(-n2ccc3cc(F)ccc32)c1CCS(=O)(=O)NC(=O)O. The van der Waals surface area contributed by atoms with Crippen molar-refractivity contribution >= 4 is 27.0 Å². The number of sulfonamides is 1. The highest BCUT2D eigenvalue weighted by Crippen LogP contribution is 2.25. The number of fused-ring (bicyclic) bond motifs is 1. The summed E-state index contributed by atoms with van der Waals surface area (Å²) < 4.78 is 42.0. The summed E-state index contributed by atoms with van der Waals surface area (Å²) in [6.45, 7) is 1.75. The zero-order chi connectivity index (χ0) is 19.1. The molecule has 1 amide bonds. The van der Waals surface area contributed by atoms with Crippen LogP contribution in [0.15, 0.2) is 30.5 Å². The van der Waals surface area contributed by atoms with Crippen LogP contribution in [-0.2, 0) is 23.5 Å². The molecule has 1 aromatic carbocycles. The minimum absolute atomic E-state index is 0.0818. The molecule has 10 heteroatoms. The summed E-state index contributed by atoms with van der Waals surface area (Å²) in [6.07, 6.45) is 0.221. The summed E-state index contributed by atoms with van der Waals surface area (Å²) in [7, 11) is -2.24. The van der Waals surface area contributed by atoms with Gasteiger partial charge in [0.2, 0.25) is 10.0 Å². The van der Waals surface area contributed by atoms with Gasteiger partial charge in [-0.15, -0.1) is 0 Å². The molecule has 8 nitrogen and oxygen atoms in total. The summed E-state index contributed by atoms with van der Waals surface area (Å²) >= 11 is 0. The molecule has 0 saturated carbocycles. The summed E-state index contributed by atoms with van der Waals surface area (Å²) in [5.41, 5.74) is 2.06. The maximum Gasteiger partial charge on any atom is 0.418 e. The van der Waals surface area contributed by atoms with Crippen molar-refractivity contribution in [3.8, 4) is 5.82 Å². The number of rotatable bonds is 5. The lowest BCUT2D eigenvalue weighted by atomic mass is 10.2. The normalized spacial score (nSPS) is 11.8. The number of benzene rings is 1. The number of nitrogens with zero attached hydrogens (tertiary/aromatic N) is 3. The third-order valence-electron chi connectivity index (χ3n) is 4.06. The average Bonchev–Trinajstić information content (AvgIpc) is 3.03. The Labute approximate surface area is 148 Å². The highest BCUT2D eigenvalue weighted by molar-refractivity contribution is 7.90. The Morgan fingerprint density at radius 2 is 2.08 bits per heavy atom. The van der Waals surface area contributed by atoms with E-state index < -0.39 is 21.9 Å². The summed E-state index contributed by atoms with van der Waals surface area (Å²) in [4.78, 5) is 10.6. The molecule has 0 fully saturated rings. The van der Waals surface area contributed by atoms with E-state index in [1.807, 2.05) is 0 Å². The number of halogens is 1. The second-order valence-corrected chi connectivity index (χ2v) is 7.72. The van der Waals surface area contributed by atoms with E-state index in [1.54, 1.807) is 41.5 Å². The van der Waals surface area contributed by atoms with Crippen LogP contribution in [0.2, 0.25) is 0 Å². The monoisotopic (exact) mass is 380 g/mol. The lowest BCUT2D eigenvalue weighted by Gasteiger charge is -2.10. The first-order valence-electron chi connectivity index (χ1n) is 7.71. The summed E-state index contributed by atoms with van der Waals surface area (Å²) in [6, 6.07) is 6.16. The van der Waals surface area contributed by atoms with Gasteiger partial charge in [0.15, 0.2) is 0 Å². The highest BCUT2D eigenvalue weighted by atomic mass is 32.2. The molecule has 0 saturated heterocycles. The van der Waals surface area contributed by atoms with Crippen molar-refractivity contribution in [2.24, 2.45) is 7.05 Å². The Hall–Kier alpha value is -2.88. The molecular formula is C16H17FN4O4S. The molecule has 0 aliphatic carbocycles. The van der Waals surface area contributed by atoms with Gasteiger partial charge in [-0.1, -0.05) is 0 Å². The van der Waals surface area contributed by atoms with E-state index in [0.717, 1.165) is 5.52 Å². The standard InChI is InChI=1S/C16H17FN4O4S/c1-10-13(6-8-26(24,25)19-16(22)23)15(20(2)18-10)21-7-5-11-9-12(17)3-4-14(11)21/h3-5,7,9,19H,6,8H2,1-2H3,(H,22,23). The maximum atomic E-state index is 13.4. The molecule has 2 aromatic heterocycles. The molecule has 0 unspecified atom stereocenters. The molecule has 138 valence electrons. The van der Waals surface area contributed by atoms with Gasteiger partial charge in [0.05, 0.1) is 17.0 Å². The molecule has 0 atom stereocenters. The van der Waals surface area contributed by atoms with Gasteiger partial charge in [0.25, 0.3) is 0 Å². The molecule has 3 rings (SSSR count). The van der Waals surface area contributed by atoms with Crippen LogP contribution in [-0.4, -0.2) is 39.7 Å². The number of aryl methyl sites for hydroxylation is 2. The first-order chi connectivity index (χ1) is 12.2. The molecule has 26 heavy (non-hydrogen) atoms. The zero-order valence-electron chi connectivity index (χ0n) is 14.1. The van der Waals surface area contributed by atoms with Crippen molar-refractivity contribution in [3.05, 3.63) is 47.5 Å². The number of carboxylic acid groups (broad SMARTS) is 1. The van der Waals surface area contributed by atoms with E-state index in [-0.39, 0.29) is 12.2 Å². The molecule has 2 heterocycles. The fourth-order valence-corrected chi connectivity index (χ4v) is 3.84. The molecule has 0 aliphatic rings. The predicted octanol–water partition coefficient (Wildman–Crippen LogP) is 1.95. The Balaban J connectivity index is 2.02. The molecule has 3 aromatic rings. The van der Waals surface area contributed by atoms with Crippen molar-refractivity contribution in [2.75, 3.05) is 5.75 Å². The van der Waals surface area contributed by atoms with Gasteiger partial charge in [-0.25, -0.2) is 22.3 Å². The predicted molar refractivity (Wildman–Crippen MR) is 93.4 cm³/mol. The molecule has 0 spiro atoms. The Bertz CT molecular complexity index is 1100. The van der Waals surface area contributed by atoms with Crippen molar-refractivity contribution in [2.45, 2.75) is 13.3 Å². The lowest BCUT2D eigenvalue weighted by molar-refractivity contribution is 0.201. The lowest BCUT2D eigenvalue weighted by Crippen LogP contribution is -2.31. The van der Waals surface area contributed by atoms with Crippen LogP contribution in [0.3, 0.4) is 0 Å². The summed E-state index contributed by atoms with van der Waals surface area (Å²) in [5.74, 6) is -0.0933. The van der Waals surface area contributed by atoms with Crippen LogP contribution in [0.5, 0.6) is 0 Å². The minimum atomic E-state index is -3.97. The van der Waals surface area contributed by atoms with E-state index >= 15 is 0 Å². The second kappa shape index (κ2) is 6.45. The third-order valence-corrected chi connectivity index (χ3v) is 5.28. The summed E-state index contributed by atoms with van der Waals surface area (Å²) in [5, 5.41) is 13.7. The quantitative estimate of drug-likeness (QED) is 0.704. The first kappa shape index (κ1) is 17.9. The van der Waals surface area contributed by atoms with Crippen LogP contribution in [0.1, 0.15) is 11.3 Å². The van der Waals surface area contributed by atoms with Gasteiger partial charge in [-0.05, 0) is 37.6 Å². The number of hydrogen-bond donors (Lipinski definition) is 2. The van der Waals surface area contributed by atoms with E-state index in [2.05, 4.69) is 5.10 Å². The first-order valence-corrected chi connectivity index (χ1v) is 9.36. The molecule has 0 radical (unpaired) electrons. The fourth-order valence-electron chi connectivity index (χ4n) is 3.00. The van der Waals surface area contributed by atoms with Gasteiger partial charge in [0, 0.05) is 24.2 Å². The number of amides is 1. The Kier molecular flexibility index (Phi) is 4.45. The van der Waals surface area contributed by atoms with E-state index in [4.69, 9.17) is 5.11 Å². The van der Waals surface area contributed by atoms with Crippen LogP contribution in [0.4, 0.5) is 9.18 Å². The Morgan fingerprint density at radius 3 is 2.77 bits per heavy atom. The van der Waals surface area contributed by atoms with E-state index in [1.165, 1.54) is 16.9 Å². The van der Waals surface area contributed by atoms with Crippen molar-refractivity contribution in [1.29, 1.82) is 0 Å². The highest BCUT2D eigenvalue weighted by Gasteiger charge is 2.20. The van der Waals surface area contributed by atoms with Crippen molar-refractivity contribution < 1.29 is 22.7 Å². The largest absolute Gasteiger partial charge is 0.464 e. The number of nitrogens with one attached hydrogen (secondary N) is 1. The molecule has 2 N–H and O–H groups in total. The van der Waals surface area contributed by atoms with Crippen LogP contribution >= 0.6 is 0 Å². The van der Waals surface area contributed by atoms with Crippen LogP contribution in [0, 0.1) is 12.7 Å². The fraction of sp³-hybridized carbons (Fsp3) is 0.250. The molecular weight excluding hydrogens is 363 g/mol. The second-order valence-electron chi connectivity index (χ2n) is 5.88. The number of hydrogen-bond acceptors (Lipinski definition) is 4. The van der Waals surface area contributed by atoms with Gasteiger partial charge in [-0.2, -0.15) is 5.10 Å². The Morgan fingerprint density at radius 1 is 1.35 bits per heavy atom. The van der Waals surface area contributed by atoms with E-state index in [9.17, 15) is 17.6 Å². The van der Waals surface area contributed by atoms with E-state index in [0.29, 0.717) is 22.5 Å². The molecule has 0 bridgehead atoms. The number of carbonyl (C=O) groups is 1. The van der Waals surface area contributed by atoms with Crippen LogP contribution in [0.25, 0.3) is 16.7 Å². The maximum absolute atomic E-state index is 13.4. The minimum Gasteiger partial charge on any atom is -0.464 e. The average molecular weight is 380 g/mol. The number of aromatic nitrogens is 3. The topological polar surface area (TPSA) is 106 Å². The van der Waals surface area contributed by atoms with Crippen molar-refractivity contribution in [3.63, 3.8) is 0 Å². The molecule has 0 aliphatic heterocycles.